The molecule has 0 amide bonds. The summed E-state index contributed by atoms with van der Waals surface area (Å²) in [6.45, 7) is 4.41. The number of aliphatic carboxylic acids is 1. The lowest BCUT2D eigenvalue weighted by molar-refractivity contribution is -0.137. The molecule has 0 aliphatic rings. The molecular weight excluding hydrogens is 154 g/mol. The third-order valence-corrected chi connectivity index (χ3v) is 1.40. The molecule has 0 saturated heterocycles. The number of hydrogen-bond donors (Lipinski definition) is 2. The maximum absolute atomic E-state index is 10.2. The Bertz CT molecular complexity index is 190. The van der Waals surface area contributed by atoms with Gasteiger partial charge in [0.25, 0.3) is 0 Å². The van der Waals surface area contributed by atoms with Crippen molar-refractivity contribution in [3.63, 3.8) is 0 Å². The van der Waals surface area contributed by atoms with Crippen LogP contribution in [0.5, 0.6) is 0 Å². The highest BCUT2D eigenvalue weighted by molar-refractivity contribution is 5.67. The van der Waals surface area contributed by atoms with Gasteiger partial charge < -0.3 is 10.4 Å². The van der Waals surface area contributed by atoms with E-state index in [4.69, 9.17) is 5.11 Å². The minimum absolute atomic E-state index is 0.0288. The summed E-state index contributed by atoms with van der Waals surface area (Å²) in [4.78, 5) is 10.2. The maximum atomic E-state index is 10.2. The van der Waals surface area contributed by atoms with E-state index < -0.39 is 5.97 Å². The van der Waals surface area contributed by atoms with Crippen molar-refractivity contribution in [3.05, 3.63) is 0 Å². The predicted molar refractivity (Wildman–Crippen MR) is 47.8 cm³/mol. The lowest BCUT2D eigenvalue weighted by Crippen LogP contribution is -2.29. The van der Waals surface area contributed by atoms with E-state index in [1.807, 2.05) is 6.92 Å². The molecule has 1 unspecified atom stereocenters. The smallest absolute Gasteiger partial charge is 0.304 e. The Morgan fingerprint density at radius 2 is 2.33 bits per heavy atom. The molecule has 0 rings (SSSR count). The van der Waals surface area contributed by atoms with Crippen LogP contribution in [0.1, 0.15) is 26.7 Å². The molecule has 0 aromatic carbocycles. The molecule has 0 fully saturated rings. The normalized spacial score (nSPS) is 11.5. The van der Waals surface area contributed by atoms with Gasteiger partial charge in [0.15, 0.2) is 0 Å². The zero-order chi connectivity index (χ0) is 9.40. The Hall–Kier alpha value is -1.01. The number of carboxylic acid groups (broad SMARTS) is 1. The second kappa shape index (κ2) is 6.68. The number of rotatable bonds is 5. The van der Waals surface area contributed by atoms with Crippen LogP contribution in [0, 0.1) is 11.8 Å². The Morgan fingerprint density at radius 3 is 2.83 bits per heavy atom. The molecule has 2 N–H and O–H groups in total. The lowest BCUT2D eigenvalue weighted by atomic mass is 10.2. The zero-order valence-electron chi connectivity index (χ0n) is 7.55. The molecule has 3 heteroatoms. The summed E-state index contributed by atoms with van der Waals surface area (Å²) in [5, 5.41) is 11.5. The average molecular weight is 169 g/mol. The molecule has 0 aliphatic heterocycles. The first kappa shape index (κ1) is 11.0. The fourth-order valence-electron chi connectivity index (χ4n) is 0.840. The van der Waals surface area contributed by atoms with Gasteiger partial charge >= 0.3 is 5.97 Å². The van der Waals surface area contributed by atoms with Crippen molar-refractivity contribution in [1.82, 2.24) is 5.32 Å². The third kappa shape index (κ3) is 7.10. The highest BCUT2D eigenvalue weighted by Crippen LogP contribution is 1.89. The number of hydrogen-bond acceptors (Lipinski definition) is 2. The van der Waals surface area contributed by atoms with E-state index in [0.717, 1.165) is 13.0 Å². The van der Waals surface area contributed by atoms with Gasteiger partial charge in [0.1, 0.15) is 0 Å². The first-order valence-electron chi connectivity index (χ1n) is 4.01. The van der Waals surface area contributed by atoms with Gasteiger partial charge in [0.2, 0.25) is 0 Å². The lowest BCUT2D eigenvalue weighted by Gasteiger charge is -2.08. The molecule has 0 bridgehead atoms. The van der Waals surface area contributed by atoms with Gasteiger partial charge in [-0.05, 0) is 13.8 Å². The van der Waals surface area contributed by atoms with Crippen LogP contribution in [-0.4, -0.2) is 23.7 Å². The van der Waals surface area contributed by atoms with Crippen LogP contribution < -0.4 is 5.32 Å². The van der Waals surface area contributed by atoms with Crippen molar-refractivity contribution in [2.24, 2.45) is 0 Å². The van der Waals surface area contributed by atoms with Crippen molar-refractivity contribution in [3.8, 4) is 11.8 Å². The van der Waals surface area contributed by atoms with Crippen LogP contribution in [0.4, 0.5) is 0 Å². The molecule has 68 valence electrons. The Kier molecular flexibility index (Phi) is 6.12. The van der Waals surface area contributed by atoms with E-state index >= 15 is 0 Å². The second-order valence-electron chi connectivity index (χ2n) is 2.63. The fourth-order valence-corrected chi connectivity index (χ4v) is 0.840. The van der Waals surface area contributed by atoms with E-state index in [1.54, 1.807) is 6.92 Å². The quantitative estimate of drug-likeness (QED) is 0.474. The highest BCUT2D eigenvalue weighted by Gasteiger charge is 2.04. The maximum Gasteiger partial charge on any atom is 0.304 e. The van der Waals surface area contributed by atoms with Crippen LogP contribution in [0.2, 0.25) is 0 Å². The van der Waals surface area contributed by atoms with Gasteiger partial charge in [0.05, 0.1) is 6.42 Å². The summed E-state index contributed by atoms with van der Waals surface area (Å²) >= 11 is 0. The summed E-state index contributed by atoms with van der Waals surface area (Å²) in [5.41, 5.74) is 0. The molecule has 12 heavy (non-hydrogen) atoms. The number of carbonyl (C=O) groups is 1. The first-order valence-corrected chi connectivity index (χ1v) is 4.01. The summed E-state index contributed by atoms with van der Waals surface area (Å²) in [6, 6.07) is 0.0288. The molecular formula is C9H15NO2. The van der Waals surface area contributed by atoms with Crippen molar-refractivity contribution in [1.29, 1.82) is 0 Å². The van der Waals surface area contributed by atoms with Crippen LogP contribution in [0.3, 0.4) is 0 Å². The van der Waals surface area contributed by atoms with Gasteiger partial charge in [0, 0.05) is 19.0 Å². The van der Waals surface area contributed by atoms with Crippen molar-refractivity contribution >= 4 is 5.97 Å². The standard InChI is InChI=1S/C9H15NO2/c1-3-4-5-6-10-8(2)7-9(11)12/h8,10H,5-7H2,1-2H3,(H,11,12). The molecule has 0 spiro atoms. The van der Waals surface area contributed by atoms with Gasteiger partial charge in [-0.15, -0.1) is 11.8 Å². The SMILES string of the molecule is CC#CCCNC(C)CC(=O)O. The van der Waals surface area contributed by atoms with Gasteiger partial charge in [-0.1, -0.05) is 0 Å². The molecule has 0 heterocycles. The topological polar surface area (TPSA) is 49.3 Å². The van der Waals surface area contributed by atoms with Crippen LogP contribution in [0.15, 0.2) is 0 Å². The molecule has 0 radical (unpaired) electrons. The summed E-state index contributed by atoms with van der Waals surface area (Å²) in [5.74, 6) is 4.91. The van der Waals surface area contributed by atoms with Crippen molar-refractivity contribution in [2.45, 2.75) is 32.7 Å². The van der Waals surface area contributed by atoms with E-state index in [1.165, 1.54) is 0 Å². The Labute approximate surface area is 73.2 Å². The number of carboxylic acids is 1. The minimum Gasteiger partial charge on any atom is -0.481 e. The van der Waals surface area contributed by atoms with Crippen molar-refractivity contribution in [2.75, 3.05) is 6.54 Å². The monoisotopic (exact) mass is 169 g/mol. The number of nitrogens with one attached hydrogen (secondary N) is 1. The summed E-state index contributed by atoms with van der Waals surface area (Å²) < 4.78 is 0. The van der Waals surface area contributed by atoms with Gasteiger partial charge in [-0.25, -0.2) is 0 Å². The first-order chi connectivity index (χ1) is 5.66. The van der Waals surface area contributed by atoms with Crippen LogP contribution in [-0.2, 0) is 4.79 Å². The molecule has 0 aromatic rings. The molecule has 0 aromatic heterocycles. The molecule has 0 saturated carbocycles. The second-order valence-corrected chi connectivity index (χ2v) is 2.63. The zero-order valence-corrected chi connectivity index (χ0v) is 7.55. The van der Waals surface area contributed by atoms with Crippen LogP contribution >= 0.6 is 0 Å². The van der Waals surface area contributed by atoms with E-state index in [2.05, 4.69) is 17.2 Å². The highest BCUT2D eigenvalue weighted by atomic mass is 16.4. The average Bonchev–Trinajstić information content (AvgIpc) is 1.97. The van der Waals surface area contributed by atoms with Crippen LogP contribution in [0.25, 0.3) is 0 Å². The summed E-state index contributed by atoms with van der Waals surface area (Å²) in [7, 11) is 0. The largest absolute Gasteiger partial charge is 0.481 e. The molecule has 0 aliphatic carbocycles. The predicted octanol–water partition coefficient (Wildman–Crippen LogP) is 0.853. The molecule has 1 atom stereocenters. The minimum atomic E-state index is -0.767. The van der Waals surface area contributed by atoms with Gasteiger partial charge in [-0.3, -0.25) is 4.79 Å². The Morgan fingerprint density at radius 1 is 1.67 bits per heavy atom. The van der Waals surface area contributed by atoms with E-state index in [9.17, 15) is 4.79 Å². The van der Waals surface area contributed by atoms with Crippen molar-refractivity contribution < 1.29 is 9.90 Å². The summed E-state index contributed by atoms with van der Waals surface area (Å²) in [6.07, 6.45) is 0.944. The molecule has 3 nitrogen and oxygen atoms in total. The van der Waals surface area contributed by atoms with Gasteiger partial charge in [-0.2, -0.15) is 0 Å². The third-order valence-electron chi connectivity index (χ3n) is 1.40. The fraction of sp³-hybridized carbons (Fsp3) is 0.667. The Balaban J connectivity index is 3.35. The van der Waals surface area contributed by atoms with E-state index in [0.29, 0.717) is 0 Å². The van der Waals surface area contributed by atoms with E-state index in [-0.39, 0.29) is 12.5 Å².